The predicted octanol–water partition coefficient (Wildman–Crippen LogP) is 1.16. The van der Waals surface area contributed by atoms with Crippen LogP contribution in [0, 0.1) is 11.6 Å². The number of carbonyl (C=O) groups excluding carboxylic acids is 3. The first-order valence-corrected chi connectivity index (χ1v) is 11.4. The summed E-state index contributed by atoms with van der Waals surface area (Å²) in [7, 11) is -3.24. The predicted molar refractivity (Wildman–Crippen MR) is 103 cm³/mol. The third kappa shape index (κ3) is 4.03. The van der Waals surface area contributed by atoms with E-state index >= 15 is 0 Å². The van der Waals surface area contributed by atoms with Crippen LogP contribution in [0.3, 0.4) is 0 Å². The van der Waals surface area contributed by atoms with E-state index in [1.807, 2.05) is 6.92 Å². The first-order valence-electron chi connectivity index (χ1n) is 9.58. The molecule has 2 fully saturated rings. The standard InChI is InChI=1S/C19H23F2N3O5S/c1-3-7-23(13-6-8-30(28,29)11-13)16(25)10-24-17(26)19(2,22-18(24)27)14-9-12(20)4-5-15(14)21/h4-5,9,13H,3,6-8,10-11H2,1-2H3,(H,22,27). The average Bonchev–Trinajstić information content (AvgIpc) is 3.13. The Morgan fingerprint density at radius 2 is 2.03 bits per heavy atom. The molecule has 0 bridgehead atoms. The quantitative estimate of drug-likeness (QED) is 0.665. The van der Waals surface area contributed by atoms with E-state index in [0.717, 1.165) is 18.2 Å². The lowest BCUT2D eigenvalue weighted by atomic mass is 9.91. The largest absolute Gasteiger partial charge is 0.337 e. The molecule has 1 N–H and O–H groups in total. The molecular weight excluding hydrogens is 420 g/mol. The summed E-state index contributed by atoms with van der Waals surface area (Å²) < 4.78 is 51.4. The van der Waals surface area contributed by atoms with Crippen LogP contribution in [0.15, 0.2) is 18.2 Å². The highest BCUT2D eigenvalue weighted by molar-refractivity contribution is 7.91. The van der Waals surface area contributed by atoms with Gasteiger partial charge in [-0.15, -0.1) is 0 Å². The van der Waals surface area contributed by atoms with Gasteiger partial charge in [-0.1, -0.05) is 6.92 Å². The van der Waals surface area contributed by atoms with Crippen molar-refractivity contribution in [2.75, 3.05) is 24.6 Å². The van der Waals surface area contributed by atoms with Crippen LogP contribution < -0.4 is 5.32 Å². The van der Waals surface area contributed by atoms with Gasteiger partial charge in [0.1, 0.15) is 23.7 Å². The number of nitrogens with zero attached hydrogens (tertiary/aromatic N) is 2. The van der Waals surface area contributed by atoms with Crippen molar-refractivity contribution >= 4 is 27.7 Å². The van der Waals surface area contributed by atoms with Gasteiger partial charge in [0, 0.05) is 18.2 Å². The number of rotatable bonds is 6. The Morgan fingerprint density at radius 1 is 1.33 bits per heavy atom. The van der Waals surface area contributed by atoms with E-state index in [1.54, 1.807) is 0 Å². The van der Waals surface area contributed by atoms with Gasteiger partial charge in [0.25, 0.3) is 5.91 Å². The highest BCUT2D eigenvalue weighted by Gasteiger charge is 2.51. The maximum absolute atomic E-state index is 14.2. The molecule has 11 heteroatoms. The minimum Gasteiger partial charge on any atom is -0.337 e. The van der Waals surface area contributed by atoms with E-state index in [1.165, 1.54) is 11.8 Å². The molecule has 0 radical (unpaired) electrons. The second-order valence-corrected chi connectivity index (χ2v) is 9.94. The van der Waals surface area contributed by atoms with Crippen molar-refractivity contribution in [1.29, 1.82) is 0 Å². The molecule has 2 heterocycles. The number of hydrogen-bond donors (Lipinski definition) is 1. The van der Waals surface area contributed by atoms with E-state index in [2.05, 4.69) is 5.32 Å². The molecule has 3 rings (SSSR count). The minimum atomic E-state index is -3.24. The van der Waals surface area contributed by atoms with E-state index in [4.69, 9.17) is 0 Å². The number of halogens is 2. The molecule has 0 aliphatic carbocycles. The summed E-state index contributed by atoms with van der Waals surface area (Å²) in [6.45, 7) is 2.72. The SMILES string of the molecule is CCCN(C(=O)CN1C(=O)NC(C)(c2cc(F)ccc2F)C1=O)C1CCS(=O)(=O)C1. The molecule has 2 unspecified atom stereocenters. The molecule has 1 aromatic rings. The number of amides is 4. The summed E-state index contributed by atoms with van der Waals surface area (Å²) in [4.78, 5) is 40.3. The zero-order chi connectivity index (χ0) is 22.3. The minimum absolute atomic E-state index is 0.0226. The summed E-state index contributed by atoms with van der Waals surface area (Å²) in [6, 6.07) is 1.15. The average molecular weight is 443 g/mol. The summed E-state index contributed by atoms with van der Waals surface area (Å²) in [5.41, 5.74) is -2.21. The Hall–Kier alpha value is -2.56. The van der Waals surface area contributed by atoms with Crippen molar-refractivity contribution in [2.24, 2.45) is 0 Å². The molecule has 164 valence electrons. The number of imide groups is 1. The van der Waals surface area contributed by atoms with E-state index in [9.17, 15) is 31.6 Å². The van der Waals surface area contributed by atoms with Crippen LogP contribution in [0.2, 0.25) is 0 Å². The van der Waals surface area contributed by atoms with Crippen LogP contribution in [0.1, 0.15) is 32.3 Å². The molecule has 2 aliphatic heterocycles. The lowest BCUT2D eigenvalue weighted by molar-refractivity contribution is -0.140. The van der Waals surface area contributed by atoms with Gasteiger partial charge in [0.05, 0.1) is 11.5 Å². The molecule has 0 saturated carbocycles. The molecule has 1 aromatic carbocycles. The fourth-order valence-electron chi connectivity index (χ4n) is 3.90. The first kappa shape index (κ1) is 22.1. The number of sulfone groups is 1. The molecule has 0 spiro atoms. The van der Waals surface area contributed by atoms with Crippen LogP contribution in [0.5, 0.6) is 0 Å². The zero-order valence-electron chi connectivity index (χ0n) is 16.7. The Morgan fingerprint density at radius 3 is 2.63 bits per heavy atom. The van der Waals surface area contributed by atoms with Crippen molar-refractivity contribution in [1.82, 2.24) is 15.1 Å². The number of benzene rings is 1. The molecule has 8 nitrogen and oxygen atoms in total. The fraction of sp³-hybridized carbons (Fsp3) is 0.526. The lowest BCUT2D eigenvalue weighted by Crippen LogP contribution is -2.48. The first-order chi connectivity index (χ1) is 14.0. The molecule has 2 saturated heterocycles. The van der Waals surface area contributed by atoms with Gasteiger partial charge in [-0.25, -0.2) is 22.0 Å². The molecule has 4 amide bonds. The van der Waals surface area contributed by atoms with Gasteiger partial charge in [-0.3, -0.25) is 14.5 Å². The maximum atomic E-state index is 14.2. The number of hydrogen-bond acceptors (Lipinski definition) is 5. The maximum Gasteiger partial charge on any atom is 0.325 e. The van der Waals surface area contributed by atoms with Gasteiger partial charge in [-0.2, -0.15) is 0 Å². The van der Waals surface area contributed by atoms with E-state index in [-0.39, 0.29) is 23.6 Å². The summed E-state index contributed by atoms with van der Waals surface area (Å²) in [5.74, 6) is -3.30. The van der Waals surface area contributed by atoms with Crippen LogP contribution >= 0.6 is 0 Å². The van der Waals surface area contributed by atoms with E-state index in [0.29, 0.717) is 17.7 Å². The van der Waals surface area contributed by atoms with Gasteiger partial charge in [-0.05, 0) is 38.0 Å². The fourth-order valence-corrected chi connectivity index (χ4v) is 5.63. The normalized spacial score (nSPS) is 25.5. The van der Waals surface area contributed by atoms with Crippen LogP contribution in [0.4, 0.5) is 13.6 Å². The van der Waals surface area contributed by atoms with Crippen molar-refractivity contribution in [2.45, 2.75) is 38.3 Å². The van der Waals surface area contributed by atoms with Crippen LogP contribution in [-0.4, -0.2) is 66.7 Å². The second kappa shape index (κ2) is 7.93. The molecule has 2 aliphatic rings. The van der Waals surface area contributed by atoms with Crippen molar-refractivity contribution < 1.29 is 31.6 Å². The van der Waals surface area contributed by atoms with E-state index < -0.39 is 57.4 Å². The summed E-state index contributed by atoms with van der Waals surface area (Å²) in [5, 5.41) is 2.34. The number of nitrogens with one attached hydrogen (secondary N) is 1. The van der Waals surface area contributed by atoms with Gasteiger partial charge in [0.15, 0.2) is 9.84 Å². The summed E-state index contributed by atoms with van der Waals surface area (Å²) >= 11 is 0. The lowest BCUT2D eigenvalue weighted by Gasteiger charge is -2.29. The smallest absolute Gasteiger partial charge is 0.325 e. The number of carbonyl (C=O) groups is 3. The molecule has 2 atom stereocenters. The van der Waals surface area contributed by atoms with Gasteiger partial charge < -0.3 is 10.2 Å². The highest BCUT2D eigenvalue weighted by atomic mass is 32.2. The van der Waals surface area contributed by atoms with Crippen LogP contribution in [0.25, 0.3) is 0 Å². The molecule has 30 heavy (non-hydrogen) atoms. The number of urea groups is 1. The van der Waals surface area contributed by atoms with Crippen LogP contribution in [-0.2, 0) is 25.0 Å². The Bertz CT molecular complexity index is 1000. The Kier molecular flexibility index (Phi) is 5.85. The monoisotopic (exact) mass is 443 g/mol. The Labute approximate surface area is 173 Å². The zero-order valence-corrected chi connectivity index (χ0v) is 17.5. The molecule has 0 aromatic heterocycles. The summed E-state index contributed by atoms with van der Waals surface area (Å²) in [6.07, 6.45) is 0.856. The van der Waals surface area contributed by atoms with Crippen molar-refractivity contribution in [3.8, 4) is 0 Å². The van der Waals surface area contributed by atoms with Crippen molar-refractivity contribution in [3.05, 3.63) is 35.4 Å². The highest BCUT2D eigenvalue weighted by Crippen LogP contribution is 2.31. The van der Waals surface area contributed by atoms with Crippen molar-refractivity contribution in [3.63, 3.8) is 0 Å². The molecular formula is C19H23F2N3O5S. The van der Waals surface area contributed by atoms with Gasteiger partial charge >= 0.3 is 6.03 Å². The van der Waals surface area contributed by atoms with Gasteiger partial charge in [0.2, 0.25) is 5.91 Å². The third-order valence-electron chi connectivity index (χ3n) is 5.47. The Balaban J connectivity index is 1.82. The topological polar surface area (TPSA) is 104 Å². The third-order valence-corrected chi connectivity index (χ3v) is 7.22. The second-order valence-electron chi connectivity index (χ2n) is 7.71.